The number of ether oxygens (including phenoxy) is 1. The molecule has 0 bridgehead atoms. The first-order valence-corrected chi connectivity index (χ1v) is 11.4. The molecule has 32 heavy (non-hydrogen) atoms. The van der Waals surface area contributed by atoms with Crippen LogP contribution in [0.4, 0.5) is 5.69 Å². The van der Waals surface area contributed by atoms with E-state index in [9.17, 15) is 4.79 Å². The minimum Gasteiger partial charge on any atom is -0.481 e. The first-order valence-electron chi connectivity index (χ1n) is 10.6. The van der Waals surface area contributed by atoms with Crippen LogP contribution in [-0.4, -0.2) is 43.6 Å². The van der Waals surface area contributed by atoms with Crippen molar-refractivity contribution in [2.75, 3.05) is 12.4 Å². The normalized spacial score (nSPS) is 18.7. The summed E-state index contributed by atoms with van der Waals surface area (Å²) < 4.78 is 9.14. The van der Waals surface area contributed by atoms with Crippen LogP contribution in [-0.2, 0) is 11.3 Å². The molecule has 164 valence electrons. The number of amides is 1. The van der Waals surface area contributed by atoms with Crippen LogP contribution in [0, 0.1) is 5.92 Å². The number of aromatic nitrogens is 5. The zero-order chi connectivity index (χ0) is 21.9. The minimum absolute atomic E-state index is 0.0130. The third kappa shape index (κ3) is 4.37. The third-order valence-electron chi connectivity index (χ3n) is 5.88. The smallest absolute Gasteiger partial charge is 0.227 e. The summed E-state index contributed by atoms with van der Waals surface area (Å²) in [5, 5.41) is 10.7. The van der Waals surface area contributed by atoms with E-state index < -0.39 is 0 Å². The van der Waals surface area contributed by atoms with Gasteiger partial charge in [-0.1, -0.05) is 4.49 Å². The zero-order valence-electron chi connectivity index (χ0n) is 17.6. The van der Waals surface area contributed by atoms with Crippen molar-refractivity contribution in [3.05, 3.63) is 42.2 Å². The lowest BCUT2D eigenvalue weighted by Gasteiger charge is -2.28. The minimum atomic E-state index is -0.0130. The van der Waals surface area contributed by atoms with Crippen molar-refractivity contribution < 1.29 is 9.53 Å². The Kier molecular flexibility index (Phi) is 5.87. The fraction of sp³-hybridized carbons (Fsp3) is 0.364. The Morgan fingerprint density at radius 3 is 2.88 bits per heavy atom. The molecule has 10 heteroatoms. The molecular weight excluding hydrogens is 426 g/mol. The number of pyridine rings is 3. The van der Waals surface area contributed by atoms with Crippen LogP contribution in [0.5, 0.6) is 5.88 Å². The van der Waals surface area contributed by atoms with Gasteiger partial charge in [-0.2, -0.15) is 0 Å². The molecule has 0 atom stereocenters. The van der Waals surface area contributed by atoms with Gasteiger partial charge in [0.15, 0.2) is 4.83 Å². The average Bonchev–Trinajstić information content (AvgIpc) is 3.31. The lowest BCUT2D eigenvalue weighted by molar-refractivity contribution is -0.120. The number of anilines is 1. The number of fused-ring (bicyclic) bond motifs is 2. The van der Waals surface area contributed by atoms with E-state index in [1.54, 1.807) is 25.4 Å². The Morgan fingerprint density at radius 1 is 1.16 bits per heavy atom. The van der Waals surface area contributed by atoms with Crippen LogP contribution in [0.3, 0.4) is 0 Å². The number of nitrogens with one attached hydrogen (secondary N) is 2. The van der Waals surface area contributed by atoms with Crippen LogP contribution in [0.25, 0.3) is 21.4 Å². The molecule has 0 aliphatic heterocycles. The Balaban J connectivity index is 1.16. The molecule has 1 fully saturated rings. The number of carbonyl (C=O) groups is 1. The van der Waals surface area contributed by atoms with Crippen molar-refractivity contribution >= 4 is 44.5 Å². The highest BCUT2D eigenvalue weighted by atomic mass is 32.1. The van der Waals surface area contributed by atoms with Gasteiger partial charge in [0.1, 0.15) is 11.0 Å². The van der Waals surface area contributed by atoms with Gasteiger partial charge in [0.25, 0.3) is 0 Å². The van der Waals surface area contributed by atoms with E-state index in [4.69, 9.17) is 4.74 Å². The van der Waals surface area contributed by atoms with Gasteiger partial charge in [0.2, 0.25) is 11.8 Å². The Morgan fingerprint density at radius 2 is 2.03 bits per heavy atom. The summed E-state index contributed by atoms with van der Waals surface area (Å²) in [6.45, 7) is 0.735. The van der Waals surface area contributed by atoms with E-state index in [2.05, 4.69) is 35.2 Å². The van der Waals surface area contributed by atoms with Crippen LogP contribution in [0.15, 0.2) is 36.7 Å². The van der Waals surface area contributed by atoms with Gasteiger partial charge in [0, 0.05) is 48.5 Å². The molecule has 1 aliphatic carbocycles. The maximum absolute atomic E-state index is 12.9. The molecule has 0 radical (unpaired) electrons. The van der Waals surface area contributed by atoms with Crippen molar-refractivity contribution in [2.45, 2.75) is 38.3 Å². The maximum atomic E-state index is 12.9. The molecule has 9 nitrogen and oxygen atoms in total. The van der Waals surface area contributed by atoms with E-state index in [-0.39, 0.29) is 11.8 Å². The van der Waals surface area contributed by atoms with Crippen molar-refractivity contribution in [1.29, 1.82) is 0 Å². The second kappa shape index (κ2) is 9.09. The van der Waals surface area contributed by atoms with Gasteiger partial charge in [0.05, 0.1) is 18.3 Å². The van der Waals surface area contributed by atoms with Crippen LogP contribution >= 0.6 is 11.5 Å². The predicted octanol–water partition coefficient (Wildman–Crippen LogP) is 3.33. The molecule has 1 saturated carbocycles. The summed E-state index contributed by atoms with van der Waals surface area (Å²) >= 11 is 1.30. The molecule has 0 spiro atoms. The van der Waals surface area contributed by atoms with Gasteiger partial charge in [-0.3, -0.25) is 9.78 Å². The molecule has 1 aliphatic rings. The van der Waals surface area contributed by atoms with Gasteiger partial charge < -0.3 is 15.4 Å². The highest BCUT2D eigenvalue weighted by Crippen LogP contribution is 2.28. The maximum Gasteiger partial charge on any atom is 0.227 e. The van der Waals surface area contributed by atoms with Crippen molar-refractivity contribution in [1.82, 2.24) is 29.9 Å². The summed E-state index contributed by atoms with van der Waals surface area (Å²) in [5.74, 6) is 0.514. The summed E-state index contributed by atoms with van der Waals surface area (Å²) in [7, 11) is 1.57. The average molecular weight is 450 g/mol. The molecule has 4 aromatic heterocycles. The molecule has 2 N–H and O–H groups in total. The quantitative estimate of drug-likeness (QED) is 0.461. The Bertz CT molecular complexity index is 1250. The Labute approximate surface area is 188 Å². The largest absolute Gasteiger partial charge is 0.481 e. The number of nitrogens with zero attached hydrogens (tertiary/aromatic N) is 5. The van der Waals surface area contributed by atoms with E-state index in [0.29, 0.717) is 23.1 Å². The highest BCUT2D eigenvalue weighted by molar-refractivity contribution is 7.12. The summed E-state index contributed by atoms with van der Waals surface area (Å²) in [5.41, 5.74) is 3.95. The first kappa shape index (κ1) is 20.7. The summed E-state index contributed by atoms with van der Waals surface area (Å²) in [6.07, 6.45) is 7.15. The number of methoxy groups -OCH3 is 1. The lowest BCUT2D eigenvalue weighted by Crippen LogP contribution is -2.36. The molecule has 1 amide bonds. The number of hydrogen-bond acceptors (Lipinski definition) is 9. The Hall–Kier alpha value is -3.24. The number of hydrogen-bond donors (Lipinski definition) is 2. The number of rotatable bonds is 6. The van der Waals surface area contributed by atoms with Gasteiger partial charge in [-0.05, 0) is 49.4 Å². The van der Waals surface area contributed by atoms with E-state index in [1.807, 2.05) is 18.3 Å². The molecule has 5 rings (SSSR count). The fourth-order valence-corrected chi connectivity index (χ4v) is 4.60. The summed E-state index contributed by atoms with van der Waals surface area (Å²) in [4.78, 5) is 26.9. The third-order valence-corrected chi connectivity index (χ3v) is 6.53. The van der Waals surface area contributed by atoms with Crippen molar-refractivity contribution in [3.63, 3.8) is 0 Å². The number of carbonyl (C=O) groups excluding carboxylic acids is 1. The molecule has 0 unspecified atom stereocenters. The van der Waals surface area contributed by atoms with Crippen LogP contribution < -0.4 is 15.4 Å². The molecular formula is C22H23N7O2S. The molecule has 4 heterocycles. The lowest BCUT2D eigenvalue weighted by atomic mass is 9.85. The summed E-state index contributed by atoms with van der Waals surface area (Å²) in [6, 6.07) is 7.79. The van der Waals surface area contributed by atoms with Gasteiger partial charge in [-0.15, -0.1) is 5.10 Å². The molecule has 0 aromatic carbocycles. The van der Waals surface area contributed by atoms with Crippen LogP contribution in [0.2, 0.25) is 0 Å². The SMILES string of the molecule is COc1ccc2nccc(NC(=O)[C@H]3CC[C@H](NCc4cnc5snnc5c4)CC3)c2n1. The fourth-order valence-electron chi connectivity index (χ4n) is 4.10. The van der Waals surface area contributed by atoms with Crippen molar-refractivity contribution in [3.8, 4) is 5.88 Å². The highest BCUT2D eigenvalue weighted by Gasteiger charge is 2.26. The van der Waals surface area contributed by atoms with E-state index in [1.165, 1.54) is 11.5 Å². The zero-order valence-corrected chi connectivity index (χ0v) is 18.4. The van der Waals surface area contributed by atoms with Crippen molar-refractivity contribution in [2.24, 2.45) is 5.92 Å². The second-order valence-electron chi connectivity index (χ2n) is 7.94. The first-order chi connectivity index (χ1) is 15.7. The molecule has 0 saturated heterocycles. The van der Waals surface area contributed by atoms with Gasteiger partial charge in [-0.25, -0.2) is 9.97 Å². The van der Waals surface area contributed by atoms with Crippen LogP contribution in [0.1, 0.15) is 31.2 Å². The molecule has 4 aromatic rings. The topological polar surface area (TPSA) is 115 Å². The van der Waals surface area contributed by atoms with Gasteiger partial charge >= 0.3 is 0 Å². The standard InChI is InChI=1S/C22H23N7O2S/c1-31-19-7-6-16-20(27-19)17(8-9-23-16)26-21(30)14-2-4-15(5-3-14)24-11-13-10-18-22(25-12-13)32-29-28-18/h6-10,12,14-15,24H,2-5,11H2,1H3,(H,23,26,30)/t14-,15-. The van der Waals surface area contributed by atoms with E-state index >= 15 is 0 Å². The van der Waals surface area contributed by atoms with E-state index in [0.717, 1.165) is 53.7 Å². The second-order valence-corrected chi connectivity index (χ2v) is 8.67. The predicted molar refractivity (Wildman–Crippen MR) is 123 cm³/mol. The monoisotopic (exact) mass is 449 g/mol.